The van der Waals surface area contributed by atoms with Crippen molar-refractivity contribution in [1.82, 2.24) is 5.32 Å². The molecule has 0 radical (unpaired) electrons. The molecule has 3 rings (SSSR count). The molecule has 0 amide bonds. The van der Waals surface area contributed by atoms with Gasteiger partial charge in [0.05, 0.1) is 15.7 Å². The van der Waals surface area contributed by atoms with Gasteiger partial charge in [0.15, 0.2) is 5.82 Å². The van der Waals surface area contributed by atoms with Crippen LogP contribution >= 0.6 is 15.9 Å². The minimum absolute atomic E-state index is 0.280. The third-order valence-electron chi connectivity index (χ3n) is 4.06. The van der Waals surface area contributed by atoms with Crippen molar-refractivity contribution in [2.75, 3.05) is 18.0 Å². The van der Waals surface area contributed by atoms with Gasteiger partial charge in [0.2, 0.25) is 0 Å². The van der Waals surface area contributed by atoms with E-state index in [-0.39, 0.29) is 10.3 Å². The Morgan fingerprint density at radius 2 is 2.20 bits per heavy atom. The number of anilines is 1. The van der Waals surface area contributed by atoms with E-state index in [4.69, 9.17) is 5.26 Å². The largest absolute Gasteiger partial charge is 0.365 e. The first-order valence-corrected chi connectivity index (χ1v) is 7.88. The maximum absolute atomic E-state index is 14.5. The number of nitriles is 1. The second kappa shape index (κ2) is 5.71. The molecule has 3 nitrogen and oxygen atoms in total. The molecular formula is C15H17BrFN3. The Morgan fingerprint density at radius 1 is 1.40 bits per heavy atom. The maximum Gasteiger partial charge on any atom is 0.161 e. The molecule has 1 aromatic carbocycles. The van der Waals surface area contributed by atoms with Crippen LogP contribution in [0, 0.1) is 17.1 Å². The van der Waals surface area contributed by atoms with Crippen LogP contribution in [0.3, 0.4) is 0 Å². The van der Waals surface area contributed by atoms with Crippen molar-refractivity contribution in [2.45, 2.75) is 37.8 Å². The fourth-order valence-electron chi connectivity index (χ4n) is 2.83. The van der Waals surface area contributed by atoms with Crippen LogP contribution in [-0.2, 0) is 0 Å². The molecule has 20 heavy (non-hydrogen) atoms. The van der Waals surface area contributed by atoms with E-state index in [1.807, 2.05) is 6.07 Å². The SMILES string of the molecule is N#Cc1ccc(N(CC2CCCN2)C2CC2)c(F)c1Br. The van der Waals surface area contributed by atoms with Crippen LogP contribution in [0.5, 0.6) is 0 Å². The van der Waals surface area contributed by atoms with Crippen LogP contribution < -0.4 is 10.2 Å². The van der Waals surface area contributed by atoms with Gasteiger partial charge in [-0.15, -0.1) is 0 Å². The van der Waals surface area contributed by atoms with Crippen LogP contribution in [0.4, 0.5) is 10.1 Å². The Morgan fingerprint density at radius 3 is 2.80 bits per heavy atom. The molecule has 1 atom stereocenters. The molecule has 0 spiro atoms. The fourth-order valence-corrected chi connectivity index (χ4v) is 3.25. The molecule has 1 aromatic rings. The molecule has 5 heteroatoms. The Bertz CT molecular complexity index is 545. The summed E-state index contributed by atoms with van der Waals surface area (Å²) in [4.78, 5) is 2.17. The second-order valence-electron chi connectivity index (χ2n) is 5.55. The Labute approximate surface area is 126 Å². The lowest BCUT2D eigenvalue weighted by Crippen LogP contribution is -2.39. The van der Waals surface area contributed by atoms with Crippen LogP contribution in [0.1, 0.15) is 31.2 Å². The summed E-state index contributed by atoms with van der Waals surface area (Å²) in [6, 6.07) is 6.34. The molecule has 0 aromatic heterocycles. The lowest BCUT2D eigenvalue weighted by Gasteiger charge is -2.28. The van der Waals surface area contributed by atoms with Crippen LogP contribution in [-0.4, -0.2) is 25.2 Å². The highest BCUT2D eigenvalue weighted by molar-refractivity contribution is 9.10. The summed E-state index contributed by atoms with van der Waals surface area (Å²) in [6.45, 7) is 1.91. The van der Waals surface area contributed by atoms with Gasteiger partial charge in [-0.25, -0.2) is 4.39 Å². The van der Waals surface area contributed by atoms with Gasteiger partial charge >= 0.3 is 0 Å². The average Bonchev–Trinajstić information content (AvgIpc) is 3.17. The molecule has 1 heterocycles. The highest BCUT2D eigenvalue weighted by Crippen LogP contribution is 2.36. The molecule has 1 unspecified atom stereocenters. The molecule has 1 N–H and O–H groups in total. The van der Waals surface area contributed by atoms with Crippen molar-refractivity contribution in [3.8, 4) is 6.07 Å². The van der Waals surface area contributed by atoms with Crippen LogP contribution in [0.15, 0.2) is 16.6 Å². The second-order valence-corrected chi connectivity index (χ2v) is 6.34. The van der Waals surface area contributed by atoms with Gasteiger partial charge in [0.25, 0.3) is 0 Å². The molecule has 1 saturated heterocycles. The van der Waals surface area contributed by atoms with E-state index in [1.54, 1.807) is 12.1 Å². The number of nitrogens with zero attached hydrogens (tertiary/aromatic N) is 2. The first kappa shape index (κ1) is 13.8. The summed E-state index contributed by atoms with van der Waals surface area (Å²) in [6.07, 6.45) is 4.61. The number of halogens is 2. The van der Waals surface area contributed by atoms with Crippen molar-refractivity contribution >= 4 is 21.6 Å². The van der Waals surface area contributed by atoms with Crippen molar-refractivity contribution in [1.29, 1.82) is 5.26 Å². The summed E-state index contributed by atoms with van der Waals surface area (Å²) in [5.41, 5.74) is 0.966. The number of hydrogen-bond donors (Lipinski definition) is 1. The van der Waals surface area contributed by atoms with E-state index in [9.17, 15) is 4.39 Å². The molecule has 1 saturated carbocycles. The minimum atomic E-state index is -0.311. The summed E-state index contributed by atoms with van der Waals surface area (Å²) in [7, 11) is 0. The van der Waals surface area contributed by atoms with Gasteiger partial charge in [-0.2, -0.15) is 5.26 Å². The number of rotatable bonds is 4. The maximum atomic E-state index is 14.5. The molecule has 106 valence electrons. The van der Waals surface area contributed by atoms with Crippen molar-refractivity contribution in [2.24, 2.45) is 0 Å². The zero-order chi connectivity index (χ0) is 14.1. The molecule has 2 aliphatic rings. The van der Waals surface area contributed by atoms with E-state index in [1.165, 1.54) is 6.42 Å². The zero-order valence-electron chi connectivity index (χ0n) is 11.2. The molecule has 1 aliphatic heterocycles. The summed E-state index contributed by atoms with van der Waals surface area (Å²) in [5.74, 6) is -0.311. The van der Waals surface area contributed by atoms with Gasteiger partial charge in [0, 0.05) is 18.6 Å². The number of nitrogens with one attached hydrogen (secondary N) is 1. The predicted molar refractivity (Wildman–Crippen MR) is 80.2 cm³/mol. The highest BCUT2D eigenvalue weighted by atomic mass is 79.9. The Hall–Kier alpha value is -1.12. The van der Waals surface area contributed by atoms with Gasteiger partial charge in [-0.3, -0.25) is 0 Å². The van der Waals surface area contributed by atoms with E-state index in [0.717, 1.165) is 32.4 Å². The Kier molecular flexibility index (Phi) is 3.95. The van der Waals surface area contributed by atoms with Crippen molar-refractivity contribution in [3.63, 3.8) is 0 Å². The lowest BCUT2D eigenvalue weighted by atomic mass is 10.1. The smallest absolute Gasteiger partial charge is 0.161 e. The normalized spacial score (nSPS) is 21.8. The summed E-state index contributed by atoms with van der Waals surface area (Å²) >= 11 is 3.20. The summed E-state index contributed by atoms with van der Waals surface area (Å²) in [5, 5.41) is 12.4. The standard InChI is InChI=1S/C15H17BrFN3/c16-14-10(8-18)3-6-13(15(14)17)20(12-4-5-12)9-11-2-1-7-19-11/h3,6,11-12,19H,1-2,4-5,7,9H2. The van der Waals surface area contributed by atoms with Gasteiger partial charge in [-0.05, 0) is 60.3 Å². The minimum Gasteiger partial charge on any atom is -0.365 e. The third-order valence-corrected chi connectivity index (χ3v) is 4.83. The molecule has 2 fully saturated rings. The topological polar surface area (TPSA) is 39.1 Å². The monoisotopic (exact) mass is 337 g/mol. The summed E-state index contributed by atoms with van der Waals surface area (Å²) < 4.78 is 14.8. The highest BCUT2D eigenvalue weighted by Gasteiger charge is 2.33. The average molecular weight is 338 g/mol. The lowest BCUT2D eigenvalue weighted by molar-refractivity contribution is 0.560. The van der Waals surface area contributed by atoms with E-state index < -0.39 is 0 Å². The number of benzene rings is 1. The van der Waals surface area contributed by atoms with Crippen molar-refractivity contribution in [3.05, 3.63) is 28.0 Å². The Balaban J connectivity index is 1.87. The van der Waals surface area contributed by atoms with Crippen LogP contribution in [0.25, 0.3) is 0 Å². The fraction of sp³-hybridized carbons (Fsp3) is 0.533. The van der Waals surface area contributed by atoms with Gasteiger partial charge in [0.1, 0.15) is 6.07 Å². The quantitative estimate of drug-likeness (QED) is 0.917. The first-order valence-electron chi connectivity index (χ1n) is 7.09. The molecular weight excluding hydrogens is 321 g/mol. The molecule has 1 aliphatic carbocycles. The first-order chi connectivity index (χ1) is 9.70. The van der Waals surface area contributed by atoms with Crippen LogP contribution in [0.2, 0.25) is 0 Å². The van der Waals surface area contributed by atoms with E-state index in [0.29, 0.717) is 23.3 Å². The van der Waals surface area contributed by atoms with Gasteiger partial charge in [-0.1, -0.05) is 0 Å². The van der Waals surface area contributed by atoms with Gasteiger partial charge < -0.3 is 10.2 Å². The third kappa shape index (κ3) is 2.68. The zero-order valence-corrected chi connectivity index (χ0v) is 12.8. The van der Waals surface area contributed by atoms with E-state index in [2.05, 4.69) is 26.1 Å². The molecule has 0 bridgehead atoms. The van der Waals surface area contributed by atoms with Crippen molar-refractivity contribution < 1.29 is 4.39 Å². The number of hydrogen-bond acceptors (Lipinski definition) is 3. The predicted octanol–water partition coefficient (Wildman–Crippen LogP) is 3.18. The van der Waals surface area contributed by atoms with E-state index >= 15 is 0 Å².